The maximum Gasteiger partial charge on any atom is 0.254 e. The van der Waals surface area contributed by atoms with Crippen molar-refractivity contribution in [3.8, 4) is 0 Å². The maximum atomic E-state index is 12.3. The van der Waals surface area contributed by atoms with Gasteiger partial charge in [-0.1, -0.05) is 11.6 Å². The van der Waals surface area contributed by atoms with Gasteiger partial charge in [0.05, 0.1) is 11.6 Å². The molecular weight excluding hydrogens is 330 g/mol. The van der Waals surface area contributed by atoms with E-state index < -0.39 is 0 Å². The van der Waals surface area contributed by atoms with Crippen LogP contribution in [0.1, 0.15) is 16.2 Å². The molecule has 0 spiro atoms. The largest absolute Gasteiger partial charge is 0.337 e. The average Bonchev–Trinajstić information content (AvgIpc) is 2.77. The van der Waals surface area contributed by atoms with Crippen LogP contribution in [-0.2, 0) is 13.6 Å². The highest BCUT2D eigenvalue weighted by atomic mass is 79.9. The van der Waals surface area contributed by atoms with E-state index in [4.69, 9.17) is 11.6 Å². The number of hydrogen-bond acceptors (Lipinski definition) is 2. The monoisotopic (exact) mass is 341 g/mol. The van der Waals surface area contributed by atoms with Crippen LogP contribution in [0.3, 0.4) is 0 Å². The molecule has 2 rings (SSSR count). The Labute approximate surface area is 125 Å². The highest BCUT2D eigenvalue weighted by molar-refractivity contribution is 9.10. The fourth-order valence-electron chi connectivity index (χ4n) is 1.68. The predicted molar refractivity (Wildman–Crippen MR) is 78.2 cm³/mol. The Morgan fingerprint density at radius 3 is 2.84 bits per heavy atom. The molecule has 0 aliphatic rings. The lowest BCUT2D eigenvalue weighted by molar-refractivity contribution is 0.0780. The van der Waals surface area contributed by atoms with Gasteiger partial charge in [-0.3, -0.25) is 4.79 Å². The van der Waals surface area contributed by atoms with Gasteiger partial charge in [0.2, 0.25) is 0 Å². The fourth-order valence-corrected chi connectivity index (χ4v) is 2.11. The third-order valence-electron chi connectivity index (χ3n) is 2.81. The summed E-state index contributed by atoms with van der Waals surface area (Å²) in [6.45, 7) is 0.454. The molecule has 0 N–H and O–H groups in total. The van der Waals surface area contributed by atoms with Crippen LogP contribution < -0.4 is 0 Å². The molecule has 6 heteroatoms. The number of aryl methyl sites for hydroxylation is 1. The van der Waals surface area contributed by atoms with Crippen LogP contribution in [0.25, 0.3) is 0 Å². The van der Waals surface area contributed by atoms with E-state index in [1.807, 2.05) is 17.8 Å². The molecule has 0 atom stereocenters. The molecule has 0 radical (unpaired) electrons. The van der Waals surface area contributed by atoms with Crippen molar-refractivity contribution in [3.05, 3.63) is 51.5 Å². The lowest BCUT2D eigenvalue weighted by Gasteiger charge is -2.17. The summed E-state index contributed by atoms with van der Waals surface area (Å²) in [7, 11) is 3.64. The number of carbonyl (C=O) groups is 1. The number of halogens is 2. The van der Waals surface area contributed by atoms with E-state index in [9.17, 15) is 4.79 Å². The van der Waals surface area contributed by atoms with Crippen molar-refractivity contribution in [2.24, 2.45) is 7.05 Å². The molecule has 0 aliphatic heterocycles. The smallest absolute Gasteiger partial charge is 0.254 e. The quantitative estimate of drug-likeness (QED) is 0.859. The van der Waals surface area contributed by atoms with Crippen molar-refractivity contribution in [2.75, 3.05) is 7.05 Å². The van der Waals surface area contributed by atoms with Gasteiger partial charge in [-0.15, -0.1) is 0 Å². The third kappa shape index (κ3) is 3.16. The van der Waals surface area contributed by atoms with Gasteiger partial charge < -0.3 is 9.47 Å². The fraction of sp³-hybridized carbons (Fsp3) is 0.231. The molecule has 1 heterocycles. The SMILES string of the molecule is CN(Cc1nccn1C)C(=O)c1ccc(Br)c(Cl)c1. The zero-order valence-corrected chi connectivity index (χ0v) is 12.9. The average molecular weight is 343 g/mol. The molecule has 0 saturated carbocycles. The Balaban J connectivity index is 2.15. The number of rotatable bonds is 3. The Morgan fingerprint density at radius 1 is 1.53 bits per heavy atom. The van der Waals surface area contributed by atoms with Crippen molar-refractivity contribution in [2.45, 2.75) is 6.54 Å². The van der Waals surface area contributed by atoms with E-state index in [0.29, 0.717) is 17.1 Å². The Morgan fingerprint density at radius 2 is 2.26 bits per heavy atom. The zero-order chi connectivity index (χ0) is 14.0. The minimum Gasteiger partial charge on any atom is -0.337 e. The molecule has 1 aromatic heterocycles. The summed E-state index contributed by atoms with van der Waals surface area (Å²) in [5, 5.41) is 0.524. The van der Waals surface area contributed by atoms with Crippen molar-refractivity contribution >= 4 is 33.4 Å². The first-order valence-electron chi connectivity index (χ1n) is 5.65. The second kappa shape index (κ2) is 5.75. The number of carbonyl (C=O) groups excluding carboxylic acids is 1. The van der Waals surface area contributed by atoms with Crippen molar-refractivity contribution < 1.29 is 4.79 Å². The first kappa shape index (κ1) is 14.1. The normalized spacial score (nSPS) is 10.5. The molecule has 4 nitrogen and oxygen atoms in total. The molecule has 19 heavy (non-hydrogen) atoms. The van der Waals surface area contributed by atoms with Crippen LogP contribution in [0, 0.1) is 0 Å². The summed E-state index contributed by atoms with van der Waals surface area (Å²) in [4.78, 5) is 18.1. The first-order chi connectivity index (χ1) is 8.99. The van der Waals surface area contributed by atoms with E-state index in [1.165, 1.54) is 0 Å². The van der Waals surface area contributed by atoms with Crippen molar-refractivity contribution in [1.82, 2.24) is 14.5 Å². The van der Waals surface area contributed by atoms with E-state index in [0.717, 1.165) is 10.3 Å². The topological polar surface area (TPSA) is 38.1 Å². The highest BCUT2D eigenvalue weighted by Crippen LogP contribution is 2.23. The van der Waals surface area contributed by atoms with Crippen molar-refractivity contribution in [1.29, 1.82) is 0 Å². The number of hydrogen-bond donors (Lipinski definition) is 0. The van der Waals surface area contributed by atoms with E-state index in [1.54, 1.807) is 36.3 Å². The summed E-state index contributed by atoms with van der Waals surface area (Å²) >= 11 is 9.30. The zero-order valence-electron chi connectivity index (χ0n) is 10.6. The van der Waals surface area contributed by atoms with E-state index in [2.05, 4.69) is 20.9 Å². The Kier molecular flexibility index (Phi) is 4.27. The second-order valence-electron chi connectivity index (χ2n) is 4.24. The minimum absolute atomic E-state index is 0.0857. The molecule has 0 bridgehead atoms. The molecular formula is C13H13BrClN3O. The summed E-state index contributed by atoms with van der Waals surface area (Å²) in [6.07, 6.45) is 3.56. The van der Waals surface area contributed by atoms with Crippen molar-refractivity contribution in [3.63, 3.8) is 0 Å². The summed E-state index contributed by atoms with van der Waals surface area (Å²) in [6, 6.07) is 5.17. The minimum atomic E-state index is -0.0857. The Hall–Kier alpha value is -1.33. The lowest BCUT2D eigenvalue weighted by Crippen LogP contribution is -2.27. The first-order valence-corrected chi connectivity index (χ1v) is 6.83. The molecule has 0 unspecified atom stereocenters. The van der Waals surface area contributed by atoms with Gasteiger partial charge in [0.15, 0.2) is 0 Å². The van der Waals surface area contributed by atoms with Gasteiger partial charge >= 0.3 is 0 Å². The summed E-state index contributed by atoms with van der Waals surface area (Å²) < 4.78 is 2.66. The number of amides is 1. The lowest BCUT2D eigenvalue weighted by atomic mass is 10.2. The second-order valence-corrected chi connectivity index (χ2v) is 5.51. The molecule has 0 aliphatic carbocycles. The third-order valence-corrected chi connectivity index (χ3v) is 4.05. The molecule has 0 saturated heterocycles. The molecule has 1 amide bonds. The molecule has 2 aromatic rings. The van der Waals surface area contributed by atoms with Crippen LogP contribution in [0.2, 0.25) is 5.02 Å². The van der Waals surface area contributed by atoms with Crippen LogP contribution in [0.4, 0.5) is 0 Å². The molecule has 0 fully saturated rings. The number of aromatic nitrogens is 2. The van der Waals surface area contributed by atoms with Crippen LogP contribution >= 0.6 is 27.5 Å². The summed E-state index contributed by atoms with van der Waals surface area (Å²) in [5.41, 5.74) is 0.560. The summed E-state index contributed by atoms with van der Waals surface area (Å²) in [5.74, 6) is 0.747. The van der Waals surface area contributed by atoms with E-state index >= 15 is 0 Å². The van der Waals surface area contributed by atoms with Gasteiger partial charge in [0.25, 0.3) is 5.91 Å². The molecule has 100 valence electrons. The van der Waals surface area contributed by atoms with Gasteiger partial charge in [0, 0.05) is 36.5 Å². The Bertz CT molecular complexity index is 612. The predicted octanol–water partition coefficient (Wildman–Crippen LogP) is 3.11. The van der Waals surface area contributed by atoms with Gasteiger partial charge in [-0.05, 0) is 34.1 Å². The highest BCUT2D eigenvalue weighted by Gasteiger charge is 2.14. The van der Waals surface area contributed by atoms with E-state index in [-0.39, 0.29) is 5.91 Å². The number of benzene rings is 1. The molecule has 1 aromatic carbocycles. The number of imidazole rings is 1. The number of nitrogens with zero attached hydrogens (tertiary/aromatic N) is 3. The standard InChI is InChI=1S/C13H13BrClN3O/c1-17-6-5-16-12(17)8-18(2)13(19)9-3-4-10(14)11(15)7-9/h3-7H,8H2,1-2H3. The van der Waals surface area contributed by atoms with Gasteiger partial charge in [-0.25, -0.2) is 4.98 Å². The van der Waals surface area contributed by atoms with Crippen LogP contribution in [-0.4, -0.2) is 27.4 Å². The van der Waals surface area contributed by atoms with Gasteiger partial charge in [0.1, 0.15) is 5.82 Å². The van der Waals surface area contributed by atoms with Crippen LogP contribution in [0.15, 0.2) is 35.1 Å². The van der Waals surface area contributed by atoms with Gasteiger partial charge in [-0.2, -0.15) is 0 Å². The van der Waals surface area contributed by atoms with Crippen LogP contribution in [0.5, 0.6) is 0 Å². The maximum absolute atomic E-state index is 12.3.